The first-order chi connectivity index (χ1) is 8.58. The molecule has 0 saturated carbocycles. The number of allylic oxidation sites excluding steroid dienone is 3. The van der Waals surface area contributed by atoms with Crippen LogP contribution in [0.2, 0.25) is 0 Å². The van der Waals surface area contributed by atoms with Crippen molar-refractivity contribution in [3.05, 3.63) is 24.3 Å². The third-order valence-electron chi connectivity index (χ3n) is 4.74. The molecule has 4 atom stereocenters. The Kier molecular flexibility index (Phi) is 6.14. The lowest BCUT2D eigenvalue weighted by molar-refractivity contribution is 0.143. The van der Waals surface area contributed by atoms with Crippen molar-refractivity contribution in [2.45, 2.75) is 65.8 Å². The fourth-order valence-corrected chi connectivity index (χ4v) is 3.46. The summed E-state index contributed by atoms with van der Waals surface area (Å²) in [4.78, 5) is 0. The molecule has 0 aliphatic heterocycles. The molecule has 0 aromatic heterocycles. The lowest BCUT2D eigenvalue weighted by Gasteiger charge is -2.45. The van der Waals surface area contributed by atoms with E-state index in [9.17, 15) is 0 Å². The first-order valence-corrected chi connectivity index (χ1v) is 7.68. The van der Waals surface area contributed by atoms with Crippen molar-refractivity contribution in [1.82, 2.24) is 0 Å². The van der Waals surface area contributed by atoms with Crippen LogP contribution in [0, 0.1) is 17.3 Å². The Morgan fingerprint density at radius 2 is 1.78 bits per heavy atom. The minimum atomic E-state index is 0.180. The maximum atomic E-state index is 6.66. The average molecular weight is 249 g/mol. The fourth-order valence-electron chi connectivity index (χ4n) is 3.46. The zero-order valence-corrected chi connectivity index (χ0v) is 12.7. The van der Waals surface area contributed by atoms with Crippen LogP contribution in [0.5, 0.6) is 0 Å². The molecule has 0 radical (unpaired) electrons. The van der Waals surface area contributed by atoms with Crippen molar-refractivity contribution in [1.29, 1.82) is 0 Å². The maximum Gasteiger partial charge on any atom is 0.0162 e. The van der Waals surface area contributed by atoms with Gasteiger partial charge in [0.05, 0.1) is 0 Å². The van der Waals surface area contributed by atoms with E-state index in [2.05, 4.69) is 52.0 Å². The van der Waals surface area contributed by atoms with Crippen LogP contribution >= 0.6 is 0 Å². The zero-order valence-electron chi connectivity index (χ0n) is 12.7. The van der Waals surface area contributed by atoms with Gasteiger partial charge in [0.1, 0.15) is 0 Å². The van der Waals surface area contributed by atoms with Gasteiger partial charge in [0.15, 0.2) is 0 Å². The predicted molar refractivity (Wildman–Crippen MR) is 81.4 cm³/mol. The molecule has 0 aromatic rings. The molecule has 0 fully saturated rings. The summed E-state index contributed by atoms with van der Waals surface area (Å²) in [5.41, 5.74) is 6.84. The monoisotopic (exact) mass is 249 g/mol. The first-order valence-electron chi connectivity index (χ1n) is 7.68. The predicted octanol–water partition coefficient (Wildman–Crippen LogP) is 4.69. The standard InChI is InChI=1S/C17H31N/c1-5-10-14(3)16(18)17(15(4)11-6-2)12-8-7-9-13-17/h7-9,12,14-16H,5-6,10-11,13,18H2,1-4H3. The molecule has 0 bridgehead atoms. The summed E-state index contributed by atoms with van der Waals surface area (Å²) in [6, 6.07) is 0.278. The topological polar surface area (TPSA) is 26.0 Å². The molecule has 1 heteroatoms. The van der Waals surface area contributed by atoms with Gasteiger partial charge in [0.2, 0.25) is 0 Å². The SMILES string of the molecule is CCCC(C)C(N)C1(C(C)CCC)C=CC=CC1. The molecule has 0 amide bonds. The van der Waals surface area contributed by atoms with E-state index < -0.39 is 0 Å². The molecule has 0 heterocycles. The van der Waals surface area contributed by atoms with Crippen LogP contribution in [0.3, 0.4) is 0 Å². The largest absolute Gasteiger partial charge is 0.327 e. The van der Waals surface area contributed by atoms with Gasteiger partial charge in [-0.1, -0.05) is 71.3 Å². The highest BCUT2D eigenvalue weighted by atomic mass is 14.7. The molecule has 1 aliphatic carbocycles. The molecule has 104 valence electrons. The van der Waals surface area contributed by atoms with E-state index in [1.807, 2.05) is 0 Å². The molecule has 0 saturated heterocycles. The van der Waals surface area contributed by atoms with Crippen LogP contribution in [-0.4, -0.2) is 6.04 Å². The van der Waals surface area contributed by atoms with E-state index in [-0.39, 0.29) is 11.5 Å². The first kappa shape index (κ1) is 15.5. The van der Waals surface area contributed by atoms with Gasteiger partial charge in [-0.2, -0.15) is 0 Å². The molecular formula is C17H31N. The minimum absolute atomic E-state index is 0.180. The molecule has 1 aliphatic rings. The van der Waals surface area contributed by atoms with Gasteiger partial charge in [0, 0.05) is 11.5 Å². The summed E-state index contributed by atoms with van der Waals surface area (Å²) in [6.45, 7) is 9.22. The van der Waals surface area contributed by atoms with Crippen LogP contribution in [0.25, 0.3) is 0 Å². The molecule has 2 N–H and O–H groups in total. The van der Waals surface area contributed by atoms with E-state index in [0.29, 0.717) is 11.8 Å². The molecular weight excluding hydrogens is 218 g/mol. The van der Waals surface area contributed by atoms with Gasteiger partial charge >= 0.3 is 0 Å². The summed E-state index contributed by atoms with van der Waals surface area (Å²) in [5.74, 6) is 1.27. The number of rotatable bonds is 7. The highest BCUT2D eigenvalue weighted by molar-refractivity contribution is 5.20. The van der Waals surface area contributed by atoms with Crippen LogP contribution in [0.15, 0.2) is 24.3 Å². The summed E-state index contributed by atoms with van der Waals surface area (Å²) in [5, 5.41) is 0. The summed E-state index contributed by atoms with van der Waals surface area (Å²) >= 11 is 0. The fraction of sp³-hybridized carbons (Fsp3) is 0.765. The number of nitrogens with two attached hydrogens (primary N) is 1. The summed E-state index contributed by atoms with van der Waals surface area (Å²) in [6.07, 6.45) is 15.1. The number of hydrogen-bond acceptors (Lipinski definition) is 1. The second-order valence-corrected chi connectivity index (χ2v) is 6.09. The van der Waals surface area contributed by atoms with Crippen molar-refractivity contribution >= 4 is 0 Å². The van der Waals surface area contributed by atoms with Crippen molar-refractivity contribution in [3.8, 4) is 0 Å². The molecule has 18 heavy (non-hydrogen) atoms. The van der Waals surface area contributed by atoms with Crippen molar-refractivity contribution < 1.29 is 0 Å². The second kappa shape index (κ2) is 7.13. The Bertz CT molecular complexity index is 292. The third-order valence-corrected chi connectivity index (χ3v) is 4.74. The maximum absolute atomic E-state index is 6.66. The third kappa shape index (κ3) is 3.26. The van der Waals surface area contributed by atoms with Crippen LogP contribution < -0.4 is 5.73 Å². The smallest absolute Gasteiger partial charge is 0.0162 e. The van der Waals surface area contributed by atoms with Gasteiger partial charge in [-0.15, -0.1) is 0 Å². The Balaban J connectivity index is 2.90. The molecule has 0 spiro atoms. The molecule has 0 aromatic carbocycles. The van der Waals surface area contributed by atoms with E-state index >= 15 is 0 Å². The normalized spacial score (nSPS) is 28.1. The minimum Gasteiger partial charge on any atom is -0.327 e. The van der Waals surface area contributed by atoms with Gasteiger partial charge in [-0.3, -0.25) is 0 Å². The van der Waals surface area contributed by atoms with Crippen molar-refractivity contribution in [3.63, 3.8) is 0 Å². The molecule has 1 rings (SSSR count). The van der Waals surface area contributed by atoms with Gasteiger partial charge in [0.25, 0.3) is 0 Å². The van der Waals surface area contributed by atoms with Crippen molar-refractivity contribution in [2.24, 2.45) is 23.0 Å². The highest BCUT2D eigenvalue weighted by Gasteiger charge is 2.40. The number of hydrogen-bond donors (Lipinski definition) is 1. The van der Waals surface area contributed by atoms with E-state index in [1.54, 1.807) is 0 Å². The molecule has 1 nitrogen and oxygen atoms in total. The zero-order chi connectivity index (χ0) is 13.6. The Hall–Kier alpha value is -0.560. The van der Waals surface area contributed by atoms with E-state index in [4.69, 9.17) is 5.73 Å². The van der Waals surface area contributed by atoms with E-state index in [0.717, 1.165) is 6.42 Å². The summed E-state index contributed by atoms with van der Waals surface area (Å²) < 4.78 is 0. The lowest BCUT2D eigenvalue weighted by Crippen LogP contribution is -2.49. The summed E-state index contributed by atoms with van der Waals surface area (Å²) in [7, 11) is 0. The van der Waals surface area contributed by atoms with Gasteiger partial charge in [-0.25, -0.2) is 0 Å². The Labute approximate surface area is 114 Å². The second-order valence-electron chi connectivity index (χ2n) is 6.09. The Morgan fingerprint density at radius 3 is 2.28 bits per heavy atom. The van der Waals surface area contributed by atoms with Gasteiger partial charge in [-0.05, 0) is 24.7 Å². The van der Waals surface area contributed by atoms with Crippen molar-refractivity contribution in [2.75, 3.05) is 0 Å². The highest BCUT2D eigenvalue weighted by Crippen LogP contribution is 2.43. The van der Waals surface area contributed by atoms with Crippen LogP contribution in [0.1, 0.15) is 59.8 Å². The lowest BCUT2D eigenvalue weighted by atomic mass is 9.62. The van der Waals surface area contributed by atoms with Crippen LogP contribution in [-0.2, 0) is 0 Å². The van der Waals surface area contributed by atoms with E-state index in [1.165, 1.54) is 25.7 Å². The quantitative estimate of drug-likeness (QED) is 0.696. The molecule has 4 unspecified atom stereocenters. The Morgan fingerprint density at radius 1 is 1.11 bits per heavy atom. The van der Waals surface area contributed by atoms with Gasteiger partial charge < -0.3 is 5.73 Å². The average Bonchev–Trinajstić information content (AvgIpc) is 2.39. The van der Waals surface area contributed by atoms with Crippen LogP contribution in [0.4, 0.5) is 0 Å².